The highest BCUT2D eigenvalue weighted by Crippen LogP contribution is 2.24. The number of carbonyl (C=O) groups is 2. The molecule has 170 valence electrons. The van der Waals surface area contributed by atoms with E-state index < -0.39 is 6.04 Å². The molecule has 1 N–H and O–H groups in total. The van der Waals surface area contributed by atoms with Crippen LogP contribution < -0.4 is 5.32 Å². The summed E-state index contributed by atoms with van der Waals surface area (Å²) in [6, 6.07) is -0.627. The summed E-state index contributed by atoms with van der Waals surface area (Å²) in [7, 11) is 3.71. The van der Waals surface area contributed by atoms with Gasteiger partial charge in [-0.3, -0.25) is 9.59 Å². The van der Waals surface area contributed by atoms with Crippen molar-refractivity contribution in [2.45, 2.75) is 63.6 Å². The van der Waals surface area contributed by atoms with Crippen LogP contribution in [0.5, 0.6) is 0 Å². The van der Waals surface area contributed by atoms with Crippen LogP contribution in [-0.2, 0) is 9.53 Å². The fourth-order valence-corrected chi connectivity index (χ4v) is 4.34. The molecule has 30 heavy (non-hydrogen) atoms. The summed E-state index contributed by atoms with van der Waals surface area (Å²) >= 11 is 1.42. The van der Waals surface area contributed by atoms with E-state index in [4.69, 9.17) is 9.15 Å². The molecule has 8 nitrogen and oxygen atoms in total. The second-order valence-corrected chi connectivity index (χ2v) is 9.45. The first-order valence-electron chi connectivity index (χ1n) is 10.9. The lowest BCUT2D eigenvalue weighted by Crippen LogP contribution is -2.45. The summed E-state index contributed by atoms with van der Waals surface area (Å²) in [5.74, 6) is 0.672. The number of rotatable bonds is 13. The molecule has 1 aromatic rings. The molecule has 1 fully saturated rings. The van der Waals surface area contributed by atoms with E-state index >= 15 is 0 Å². The maximum absolute atomic E-state index is 13.0. The lowest BCUT2D eigenvalue weighted by Gasteiger charge is -2.24. The summed E-state index contributed by atoms with van der Waals surface area (Å²) in [4.78, 5) is 27.8. The van der Waals surface area contributed by atoms with Crippen molar-refractivity contribution in [1.82, 2.24) is 20.4 Å². The van der Waals surface area contributed by atoms with E-state index in [1.165, 1.54) is 18.2 Å². The number of hydrogen-bond donors (Lipinski definition) is 1. The first kappa shape index (κ1) is 24.8. The zero-order valence-corrected chi connectivity index (χ0v) is 19.5. The Labute approximate surface area is 183 Å². The maximum Gasteiger partial charge on any atom is 0.286 e. The third kappa shape index (κ3) is 8.35. The molecule has 1 aliphatic rings. The van der Waals surface area contributed by atoms with E-state index in [-0.39, 0.29) is 29.4 Å². The molecule has 1 aromatic heterocycles. The van der Waals surface area contributed by atoms with Gasteiger partial charge in [-0.15, -0.1) is 10.2 Å². The quantitative estimate of drug-likeness (QED) is 0.369. The van der Waals surface area contributed by atoms with E-state index in [0.717, 1.165) is 44.5 Å². The van der Waals surface area contributed by atoms with Gasteiger partial charge in [0.25, 0.3) is 11.1 Å². The van der Waals surface area contributed by atoms with Crippen molar-refractivity contribution >= 4 is 23.5 Å². The minimum Gasteiger partial charge on any atom is -0.408 e. The molecule has 9 heteroatoms. The maximum atomic E-state index is 13.0. The summed E-state index contributed by atoms with van der Waals surface area (Å²) in [5, 5.41) is 11.3. The van der Waals surface area contributed by atoms with Crippen LogP contribution in [0, 0.1) is 11.8 Å². The van der Waals surface area contributed by atoms with Crippen molar-refractivity contribution in [2.24, 2.45) is 11.8 Å². The van der Waals surface area contributed by atoms with Crippen LogP contribution in [0.2, 0.25) is 0 Å². The number of methoxy groups -OCH3 is 1. The molecule has 1 saturated carbocycles. The van der Waals surface area contributed by atoms with Gasteiger partial charge in [0.15, 0.2) is 0 Å². The molecule has 1 atom stereocenters. The van der Waals surface area contributed by atoms with Gasteiger partial charge < -0.3 is 19.4 Å². The highest BCUT2D eigenvalue weighted by Gasteiger charge is 2.30. The predicted octanol–water partition coefficient (Wildman–Crippen LogP) is 3.03. The number of likely N-dealkylation sites (N-methyl/N-ethyl adjacent to an activating group) is 1. The Morgan fingerprint density at radius 3 is 2.63 bits per heavy atom. The van der Waals surface area contributed by atoms with Crippen molar-refractivity contribution in [2.75, 3.05) is 39.6 Å². The summed E-state index contributed by atoms with van der Waals surface area (Å²) in [6.07, 6.45) is 5.68. The van der Waals surface area contributed by atoms with E-state index in [0.29, 0.717) is 18.3 Å². The Bertz CT molecular complexity index is 661. The monoisotopic (exact) mass is 440 g/mol. The number of ketones is 1. The molecule has 0 bridgehead atoms. The number of aromatic nitrogens is 2. The first-order chi connectivity index (χ1) is 14.4. The van der Waals surface area contributed by atoms with Crippen LogP contribution in [0.25, 0.3) is 0 Å². The largest absolute Gasteiger partial charge is 0.408 e. The zero-order valence-electron chi connectivity index (χ0n) is 18.7. The Hall–Kier alpha value is -1.45. The lowest BCUT2D eigenvalue weighted by molar-refractivity contribution is -0.126. The van der Waals surface area contributed by atoms with E-state index in [2.05, 4.69) is 20.4 Å². The average Bonchev–Trinajstić information content (AvgIpc) is 3.20. The Morgan fingerprint density at radius 2 is 1.97 bits per heavy atom. The van der Waals surface area contributed by atoms with Crippen LogP contribution in [0.15, 0.2) is 9.64 Å². The molecule has 1 amide bonds. The van der Waals surface area contributed by atoms with E-state index in [1.807, 2.05) is 20.9 Å². The Kier molecular flexibility index (Phi) is 10.8. The lowest BCUT2D eigenvalue weighted by atomic mass is 9.88. The Morgan fingerprint density at radius 1 is 1.23 bits per heavy atom. The topological polar surface area (TPSA) is 97.6 Å². The fraction of sp³-hybridized carbons (Fsp3) is 0.810. The summed E-state index contributed by atoms with van der Waals surface area (Å²) in [5.41, 5.74) is 0. The van der Waals surface area contributed by atoms with Crippen LogP contribution in [0.4, 0.5) is 0 Å². The van der Waals surface area contributed by atoms with Crippen molar-refractivity contribution in [3.8, 4) is 0 Å². The van der Waals surface area contributed by atoms with Crippen molar-refractivity contribution < 1.29 is 18.7 Å². The number of amides is 1. The fourth-order valence-electron chi connectivity index (χ4n) is 3.52. The van der Waals surface area contributed by atoms with Crippen LogP contribution >= 0.6 is 11.8 Å². The predicted molar refractivity (Wildman–Crippen MR) is 117 cm³/mol. The number of hydrogen-bond acceptors (Lipinski definition) is 8. The van der Waals surface area contributed by atoms with Crippen molar-refractivity contribution in [1.29, 1.82) is 0 Å². The summed E-state index contributed by atoms with van der Waals surface area (Å²) in [6.45, 7) is 6.43. The number of thioether (sulfide) groups is 1. The summed E-state index contributed by atoms with van der Waals surface area (Å²) < 4.78 is 10.7. The van der Waals surface area contributed by atoms with Gasteiger partial charge in [0, 0.05) is 31.9 Å². The standard InChI is InChI=1S/C21H36N4O4S/c1-15(2)14-17(22-19(27)16-8-6-5-7-9-16)18(26)20-23-24-21(29-20)30-13-11-25(3)10-12-28-4/h15-17H,5-14H2,1-4H3,(H,22,27). The average molecular weight is 441 g/mol. The smallest absolute Gasteiger partial charge is 0.286 e. The third-order valence-corrected chi connectivity index (χ3v) is 6.11. The molecule has 0 saturated heterocycles. The van der Waals surface area contributed by atoms with Gasteiger partial charge in [0.05, 0.1) is 12.6 Å². The normalized spacial score (nSPS) is 16.2. The van der Waals surface area contributed by atoms with Crippen molar-refractivity contribution in [3.63, 3.8) is 0 Å². The molecule has 0 radical (unpaired) electrons. The van der Waals surface area contributed by atoms with Crippen LogP contribution in [-0.4, -0.2) is 72.4 Å². The minimum absolute atomic E-state index is 0.00473. The molecular weight excluding hydrogens is 404 g/mol. The van der Waals surface area contributed by atoms with Crippen LogP contribution in [0.3, 0.4) is 0 Å². The van der Waals surface area contributed by atoms with Crippen LogP contribution in [0.1, 0.15) is 63.1 Å². The number of Topliss-reactive ketones (excluding diaryl/α,β-unsaturated/α-hetero) is 1. The number of nitrogens with one attached hydrogen (secondary N) is 1. The number of carbonyl (C=O) groups excluding carboxylic acids is 2. The number of ether oxygens (including phenoxy) is 1. The van der Waals surface area contributed by atoms with Gasteiger partial charge in [-0.1, -0.05) is 44.9 Å². The van der Waals surface area contributed by atoms with Gasteiger partial charge in [0.2, 0.25) is 11.7 Å². The van der Waals surface area contributed by atoms with Gasteiger partial charge in [0.1, 0.15) is 0 Å². The number of nitrogens with zero attached hydrogens (tertiary/aromatic N) is 3. The van der Waals surface area contributed by atoms with Gasteiger partial charge in [-0.2, -0.15) is 0 Å². The SMILES string of the molecule is COCCN(C)CCSc1nnc(C(=O)C(CC(C)C)NC(=O)C2CCCCC2)o1. The molecule has 0 aromatic carbocycles. The highest BCUT2D eigenvalue weighted by molar-refractivity contribution is 7.99. The van der Waals surface area contributed by atoms with Gasteiger partial charge in [-0.05, 0) is 32.2 Å². The van der Waals surface area contributed by atoms with E-state index in [1.54, 1.807) is 7.11 Å². The first-order valence-corrected chi connectivity index (χ1v) is 11.9. The third-order valence-electron chi connectivity index (χ3n) is 5.31. The molecule has 1 heterocycles. The molecule has 1 aliphatic carbocycles. The highest BCUT2D eigenvalue weighted by atomic mass is 32.2. The molecular formula is C21H36N4O4S. The van der Waals surface area contributed by atoms with E-state index in [9.17, 15) is 9.59 Å². The molecule has 0 aliphatic heterocycles. The molecule has 0 spiro atoms. The van der Waals surface area contributed by atoms with Crippen molar-refractivity contribution in [3.05, 3.63) is 5.89 Å². The van der Waals surface area contributed by atoms with Gasteiger partial charge in [-0.25, -0.2) is 0 Å². The Balaban J connectivity index is 1.91. The second kappa shape index (κ2) is 13.1. The minimum atomic E-state index is -0.627. The van der Waals surface area contributed by atoms with Gasteiger partial charge >= 0.3 is 0 Å². The second-order valence-electron chi connectivity index (χ2n) is 8.41. The zero-order chi connectivity index (χ0) is 21.9. The molecule has 1 unspecified atom stereocenters. The molecule has 2 rings (SSSR count).